The Hall–Kier alpha value is -0.340. The van der Waals surface area contributed by atoms with Crippen LogP contribution in [0.1, 0.15) is 38.5 Å². The number of nitrogens with one attached hydrogen (secondary N) is 1. The van der Waals surface area contributed by atoms with Crippen molar-refractivity contribution in [2.24, 2.45) is 0 Å². The summed E-state index contributed by atoms with van der Waals surface area (Å²) in [7, 11) is 0. The van der Waals surface area contributed by atoms with E-state index in [1.807, 2.05) is 0 Å². The molecule has 0 amide bonds. The molecule has 0 aromatic carbocycles. The lowest BCUT2D eigenvalue weighted by atomic mass is 9.95. The Morgan fingerprint density at radius 1 is 1.29 bits per heavy atom. The molecule has 1 saturated carbocycles. The highest BCUT2D eigenvalue weighted by molar-refractivity contribution is 5.07. The first kappa shape index (κ1) is 10.2. The van der Waals surface area contributed by atoms with Crippen LogP contribution in [-0.2, 0) is 4.74 Å². The van der Waals surface area contributed by atoms with Crippen molar-refractivity contribution in [2.75, 3.05) is 19.8 Å². The lowest BCUT2D eigenvalue weighted by molar-refractivity contribution is 0.148. The summed E-state index contributed by atoms with van der Waals surface area (Å²) in [4.78, 5) is 0. The Bertz CT molecular complexity index is 194. The molecule has 1 heterocycles. The van der Waals surface area contributed by atoms with Crippen molar-refractivity contribution >= 4 is 0 Å². The summed E-state index contributed by atoms with van der Waals surface area (Å²) in [5.41, 5.74) is 1.45. The van der Waals surface area contributed by atoms with E-state index in [1.54, 1.807) is 0 Å². The summed E-state index contributed by atoms with van der Waals surface area (Å²) < 4.78 is 5.41. The predicted molar refractivity (Wildman–Crippen MR) is 58.4 cm³/mol. The maximum Gasteiger partial charge on any atom is 0.0689 e. The normalized spacial score (nSPS) is 24.7. The minimum atomic E-state index is 0.770. The van der Waals surface area contributed by atoms with E-state index in [2.05, 4.69) is 11.4 Å². The third kappa shape index (κ3) is 3.10. The Labute approximate surface area is 86.7 Å². The van der Waals surface area contributed by atoms with Crippen LogP contribution < -0.4 is 5.32 Å². The summed E-state index contributed by atoms with van der Waals surface area (Å²) in [6, 6.07) is 0.770. The topological polar surface area (TPSA) is 21.3 Å². The predicted octanol–water partition coefficient (Wildman–Crippen LogP) is 2.26. The number of ether oxygens (including phenoxy) is 1. The molecule has 2 heteroatoms. The van der Waals surface area contributed by atoms with Crippen LogP contribution in [0.3, 0.4) is 0 Å². The van der Waals surface area contributed by atoms with Gasteiger partial charge in [0, 0.05) is 12.6 Å². The molecule has 1 aliphatic carbocycles. The van der Waals surface area contributed by atoms with E-state index < -0.39 is 0 Å². The molecule has 1 N–H and O–H groups in total. The Kier molecular flexibility index (Phi) is 4.02. The van der Waals surface area contributed by atoms with E-state index in [9.17, 15) is 0 Å². The zero-order chi connectivity index (χ0) is 9.64. The number of hydrogen-bond acceptors (Lipinski definition) is 2. The average Bonchev–Trinajstić information content (AvgIpc) is 2.29. The molecule has 0 saturated heterocycles. The lowest BCUT2D eigenvalue weighted by Gasteiger charge is -2.24. The summed E-state index contributed by atoms with van der Waals surface area (Å²) in [5, 5.41) is 3.64. The first-order valence-corrected chi connectivity index (χ1v) is 5.94. The Morgan fingerprint density at radius 3 is 2.86 bits per heavy atom. The highest BCUT2D eigenvalue weighted by Gasteiger charge is 2.13. The van der Waals surface area contributed by atoms with Gasteiger partial charge < -0.3 is 10.1 Å². The monoisotopic (exact) mass is 195 g/mol. The van der Waals surface area contributed by atoms with Crippen LogP contribution >= 0.6 is 0 Å². The van der Waals surface area contributed by atoms with Gasteiger partial charge in [-0.2, -0.15) is 0 Å². The Morgan fingerprint density at radius 2 is 2.14 bits per heavy atom. The molecule has 2 rings (SSSR count). The van der Waals surface area contributed by atoms with Gasteiger partial charge in [-0.1, -0.05) is 25.3 Å². The van der Waals surface area contributed by atoms with Crippen molar-refractivity contribution in [3.8, 4) is 0 Å². The molecule has 0 unspecified atom stereocenters. The van der Waals surface area contributed by atoms with E-state index in [1.165, 1.54) is 37.7 Å². The van der Waals surface area contributed by atoms with Crippen LogP contribution in [0.15, 0.2) is 11.6 Å². The second-order valence-electron chi connectivity index (χ2n) is 4.42. The maximum absolute atomic E-state index is 5.41. The van der Waals surface area contributed by atoms with Crippen molar-refractivity contribution in [1.29, 1.82) is 0 Å². The second kappa shape index (κ2) is 5.52. The van der Waals surface area contributed by atoms with Gasteiger partial charge in [-0.25, -0.2) is 0 Å². The van der Waals surface area contributed by atoms with Crippen molar-refractivity contribution in [3.05, 3.63) is 11.6 Å². The Balaban J connectivity index is 1.67. The highest BCUT2D eigenvalue weighted by Crippen LogP contribution is 2.17. The summed E-state index contributed by atoms with van der Waals surface area (Å²) in [6.07, 6.45) is 10.4. The van der Waals surface area contributed by atoms with Gasteiger partial charge in [-0.15, -0.1) is 0 Å². The van der Waals surface area contributed by atoms with Crippen LogP contribution in [0.25, 0.3) is 0 Å². The van der Waals surface area contributed by atoms with Crippen molar-refractivity contribution in [1.82, 2.24) is 5.32 Å². The van der Waals surface area contributed by atoms with Crippen LogP contribution in [0.4, 0.5) is 0 Å². The van der Waals surface area contributed by atoms with Crippen LogP contribution in [-0.4, -0.2) is 25.8 Å². The van der Waals surface area contributed by atoms with Crippen molar-refractivity contribution in [3.63, 3.8) is 0 Å². The molecule has 0 bridgehead atoms. The molecule has 80 valence electrons. The fourth-order valence-electron chi connectivity index (χ4n) is 2.31. The molecule has 1 fully saturated rings. The molecular formula is C12H21NO. The zero-order valence-electron chi connectivity index (χ0n) is 8.93. The standard InChI is InChI=1S/C12H21NO/c1-2-6-12(7-3-1)13-9-11-5-4-8-14-10-11/h5,12-13H,1-4,6-10H2. The fraction of sp³-hybridized carbons (Fsp3) is 0.833. The molecular weight excluding hydrogens is 174 g/mol. The quantitative estimate of drug-likeness (QED) is 0.697. The van der Waals surface area contributed by atoms with Gasteiger partial charge in [0.25, 0.3) is 0 Å². The molecule has 14 heavy (non-hydrogen) atoms. The van der Waals surface area contributed by atoms with Gasteiger partial charge in [-0.05, 0) is 24.8 Å². The third-order valence-corrected chi connectivity index (χ3v) is 3.21. The van der Waals surface area contributed by atoms with Gasteiger partial charge in [0.05, 0.1) is 13.2 Å². The van der Waals surface area contributed by atoms with E-state index in [0.717, 1.165) is 32.2 Å². The summed E-state index contributed by atoms with van der Waals surface area (Å²) >= 11 is 0. The first-order chi connectivity index (χ1) is 6.95. The third-order valence-electron chi connectivity index (χ3n) is 3.21. The molecule has 2 nitrogen and oxygen atoms in total. The largest absolute Gasteiger partial charge is 0.377 e. The van der Waals surface area contributed by atoms with Crippen LogP contribution in [0.2, 0.25) is 0 Å². The average molecular weight is 195 g/mol. The highest BCUT2D eigenvalue weighted by atomic mass is 16.5. The van der Waals surface area contributed by atoms with Gasteiger partial charge in [0.1, 0.15) is 0 Å². The van der Waals surface area contributed by atoms with E-state index >= 15 is 0 Å². The summed E-state index contributed by atoms with van der Waals surface area (Å²) in [6.45, 7) is 2.80. The number of hydrogen-bond donors (Lipinski definition) is 1. The SMILES string of the molecule is C1=C(CNC2CCCCC2)COCC1. The van der Waals surface area contributed by atoms with E-state index in [-0.39, 0.29) is 0 Å². The van der Waals surface area contributed by atoms with Gasteiger partial charge >= 0.3 is 0 Å². The van der Waals surface area contributed by atoms with Gasteiger partial charge in [-0.3, -0.25) is 0 Å². The summed E-state index contributed by atoms with van der Waals surface area (Å²) in [5.74, 6) is 0. The second-order valence-corrected chi connectivity index (χ2v) is 4.42. The van der Waals surface area contributed by atoms with Crippen LogP contribution in [0.5, 0.6) is 0 Å². The fourth-order valence-corrected chi connectivity index (χ4v) is 2.31. The first-order valence-electron chi connectivity index (χ1n) is 5.94. The van der Waals surface area contributed by atoms with Gasteiger partial charge in [0.15, 0.2) is 0 Å². The maximum atomic E-state index is 5.41. The minimum absolute atomic E-state index is 0.770. The lowest BCUT2D eigenvalue weighted by Crippen LogP contribution is -2.33. The molecule has 1 aliphatic heterocycles. The minimum Gasteiger partial charge on any atom is -0.377 e. The molecule has 2 aliphatic rings. The van der Waals surface area contributed by atoms with E-state index in [4.69, 9.17) is 4.74 Å². The van der Waals surface area contributed by atoms with Gasteiger partial charge in [0.2, 0.25) is 0 Å². The molecule has 0 aromatic rings. The van der Waals surface area contributed by atoms with Crippen molar-refractivity contribution < 1.29 is 4.74 Å². The smallest absolute Gasteiger partial charge is 0.0689 e. The zero-order valence-corrected chi connectivity index (χ0v) is 8.93. The van der Waals surface area contributed by atoms with Crippen molar-refractivity contribution in [2.45, 2.75) is 44.6 Å². The molecule has 0 spiro atoms. The molecule has 0 aromatic heterocycles. The van der Waals surface area contributed by atoms with E-state index in [0.29, 0.717) is 0 Å². The van der Waals surface area contributed by atoms with Crippen LogP contribution in [0, 0.1) is 0 Å². The number of rotatable bonds is 3. The molecule has 0 atom stereocenters. The molecule has 0 radical (unpaired) electrons.